The van der Waals surface area contributed by atoms with Crippen LogP contribution in [0.3, 0.4) is 0 Å². The smallest absolute Gasteiger partial charge is 0.274 e. The Morgan fingerprint density at radius 3 is 2.35 bits per heavy atom. The van der Waals surface area contributed by atoms with Gasteiger partial charge in [-0.05, 0) is 32.0 Å². The van der Waals surface area contributed by atoms with Gasteiger partial charge in [0, 0.05) is 25.7 Å². The van der Waals surface area contributed by atoms with Crippen LogP contribution in [0.1, 0.15) is 24.2 Å². The molecule has 1 aromatic rings. The number of sulfonamides is 1. The van der Waals surface area contributed by atoms with Crippen molar-refractivity contribution in [3.05, 3.63) is 29.8 Å². The lowest BCUT2D eigenvalue weighted by Gasteiger charge is -2.21. The minimum absolute atomic E-state index is 0.0871. The molecular formula is C13H20N2O4S. The molecule has 0 unspecified atom stereocenters. The molecule has 7 heteroatoms. The molecule has 0 spiro atoms. The predicted octanol–water partition coefficient (Wildman–Crippen LogP) is 1.35. The molecule has 112 valence electrons. The van der Waals surface area contributed by atoms with E-state index in [4.69, 9.17) is 4.84 Å². The van der Waals surface area contributed by atoms with Crippen molar-refractivity contribution in [1.29, 1.82) is 0 Å². The summed E-state index contributed by atoms with van der Waals surface area (Å²) in [6.07, 6.45) is 0. The molecule has 6 nitrogen and oxygen atoms in total. The van der Waals surface area contributed by atoms with Gasteiger partial charge in [-0.25, -0.2) is 13.5 Å². The van der Waals surface area contributed by atoms with E-state index in [1.807, 2.05) is 0 Å². The van der Waals surface area contributed by atoms with E-state index in [2.05, 4.69) is 0 Å². The average Bonchev–Trinajstić information content (AvgIpc) is 2.44. The van der Waals surface area contributed by atoms with Crippen LogP contribution in [0, 0.1) is 0 Å². The van der Waals surface area contributed by atoms with Gasteiger partial charge in [-0.2, -0.15) is 4.31 Å². The van der Waals surface area contributed by atoms with Gasteiger partial charge in [0.2, 0.25) is 10.0 Å². The second-order valence-electron chi connectivity index (χ2n) is 4.63. The molecule has 0 radical (unpaired) electrons. The third-order valence-corrected chi connectivity index (χ3v) is 5.07. The number of nitrogens with zero attached hydrogens (tertiary/aromatic N) is 2. The van der Waals surface area contributed by atoms with Crippen molar-refractivity contribution in [2.24, 2.45) is 0 Å². The molecule has 1 rings (SSSR count). The number of hydrogen-bond acceptors (Lipinski definition) is 4. The number of carbonyl (C=O) groups is 1. The van der Waals surface area contributed by atoms with Gasteiger partial charge in [-0.3, -0.25) is 9.63 Å². The number of hydrogen-bond donors (Lipinski definition) is 0. The minimum atomic E-state index is -3.60. The third-order valence-electron chi connectivity index (χ3n) is 3.05. The molecule has 1 amide bonds. The van der Waals surface area contributed by atoms with E-state index in [1.165, 1.54) is 43.7 Å². The van der Waals surface area contributed by atoms with Gasteiger partial charge in [0.1, 0.15) is 0 Å². The number of rotatable bonds is 5. The zero-order valence-electron chi connectivity index (χ0n) is 12.3. The summed E-state index contributed by atoms with van der Waals surface area (Å²) in [6.45, 7) is 3.57. The summed E-state index contributed by atoms with van der Waals surface area (Å²) in [4.78, 5) is 16.8. The molecule has 0 atom stereocenters. The number of amides is 1. The molecule has 0 bridgehead atoms. The normalized spacial score (nSPS) is 11.9. The Hall–Kier alpha value is -1.44. The van der Waals surface area contributed by atoms with Crippen LogP contribution in [-0.4, -0.2) is 50.9 Å². The van der Waals surface area contributed by atoms with E-state index in [0.717, 1.165) is 5.06 Å². The fraction of sp³-hybridized carbons (Fsp3) is 0.462. The van der Waals surface area contributed by atoms with Gasteiger partial charge >= 0.3 is 0 Å². The van der Waals surface area contributed by atoms with Crippen LogP contribution in [0.5, 0.6) is 0 Å². The van der Waals surface area contributed by atoms with Crippen LogP contribution in [0.25, 0.3) is 0 Å². The van der Waals surface area contributed by atoms with E-state index < -0.39 is 15.9 Å². The molecule has 0 aromatic heterocycles. The van der Waals surface area contributed by atoms with E-state index >= 15 is 0 Å². The summed E-state index contributed by atoms with van der Waals surface area (Å²) in [5, 5.41) is 1.04. The second-order valence-corrected chi connectivity index (χ2v) is 6.63. The maximum absolute atomic E-state index is 12.4. The van der Waals surface area contributed by atoms with E-state index in [1.54, 1.807) is 19.9 Å². The number of carbonyl (C=O) groups excluding carboxylic acids is 1. The lowest BCUT2D eigenvalue weighted by Crippen LogP contribution is -2.33. The maximum atomic E-state index is 12.4. The van der Waals surface area contributed by atoms with E-state index in [9.17, 15) is 13.2 Å². The van der Waals surface area contributed by atoms with Crippen molar-refractivity contribution < 1.29 is 18.0 Å². The first kappa shape index (κ1) is 16.6. The first-order chi connectivity index (χ1) is 9.21. The van der Waals surface area contributed by atoms with Gasteiger partial charge in [0.15, 0.2) is 0 Å². The molecule has 0 fully saturated rings. The minimum Gasteiger partial charge on any atom is -0.274 e. The van der Waals surface area contributed by atoms with Gasteiger partial charge in [0.05, 0.1) is 12.0 Å². The Bertz CT molecular complexity index is 584. The predicted molar refractivity (Wildman–Crippen MR) is 75.6 cm³/mol. The molecule has 0 saturated carbocycles. The van der Waals surface area contributed by atoms with Crippen LogP contribution in [0.15, 0.2) is 29.2 Å². The highest BCUT2D eigenvalue weighted by Crippen LogP contribution is 2.18. The standard InChI is InChI=1S/C13H20N2O4S/c1-10(2)15(4)20(17,18)12-8-6-7-11(9-12)13(16)14(3)19-5/h6-10H,1-5H3. The SMILES string of the molecule is CON(C)C(=O)c1cccc(S(=O)(=O)N(C)C(C)C)c1. The lowest BCUT2D eigenvalue weighted by atomic mass is 10.2. The fourth-order valence-corrected chi connectivity index (χ4v) is 2.91. The molecule has 0 aliphatic heterocycles. The van der Waals surface area contributed by atoms with Crippen LogP contribution in [-0.2, 0) is 14.9 Å². The van der Waals surface area contributed by atoms with Crippen molar-refractivity contribution >= 4 is 15.9 Å². The maximum Gasteiger partial charge on any atom is 0.277 e. The highest BCUT2D eigenvalue weighted by molar-refractivity contribution is 7.89. The van der Waals surface area contributed by atoms with Gasteiger partial charge in [-0.1, -0.05) is 6.07 Å². The van der Waals surface area contributed by atoms with Gasteiger partial charge in [-0.15, -0.1) is 0 Å². The van der Waals surface area contributed by atoms with Crippen molar-refractivity contribution in [3.8, 4) is 0 Å². The van der Waals surface area contributed by atoms with Gasteiger partial charge in [0.25, 0.3) is 5.91 Å². The number of benzene rings is 1. The molecule has 0 saturated heterocycles. The highest BCUT2D eigenvalue weighted by Gasteiger charge is 2.24. The van der Waals surface area contributed by atoms with E-state index in [-0.39, 0.29) is 16.5 Å². The number of hydroxylamine groups is 2. The first-order valence-corrected chi connectivity index (χ1v) is 7.56. The molecule has 1 aromatic carbocycles. The zero-order chi connectivity index (χ0) is 15.5. The van der Waals surface area contributed by atoms with Crippen molar-refractivity contribution in [2.45, 2.75) is 24.8 Å². The monoisotopic (exact) mass is 300 g/mol. The summed E-state index contributed by atoms with van der Waals surface area (Å²) in [5.41, 5.74) is 0.257. The van der Waals surface area contributed by atoms with Crippen LogP contribution in [0.2, 0.25) is 0 Å². The first-order valence-electron chi connectivity index (χ1n) is 6.12. The lowest BCUT2D eigenvalue weighted by molar-refractivity contribution is -0.0757. The second kappa shape index (κ2) is 6.34. The Labute approximate surface area is 119 Å². The summed E-state index contributed by atoms with van der Waals surface area (Å²) >= 11 is 0. The highest BCUT2D eigenvalue weighted by atomic mass is 32.2. The Morgan fingerprint density at radius 1 is 1.25 bits per heavy atom. The van der Waals surface area contributed by atoms with Crippen molar-refractivity contribution in [3.63, 3.8) is 0 Å². The summed E-state index contributed by atoms with van der Waals surface area (Å²) < 4.78 is 26.0. The fourth-order valence-electron chi connectivity index (χ4n) is 1.50. The molecule has 0 N–H and O–H groups in total. The molecular weight excluding hydrogens is 280 g/mol. The van der Waals surface area contributed by atoms with Crippen LogP contribution >= 0.6 is 0 Å². The summed E-state index contributed by atoms with van der Waals surface area (Å²) in [6, 6.07) is 5.74. The van der Waals surface area contributed by atoms with Crippen LogP contribution in [0.4, 0.5) is 0 Å². The third kappa shape index (κ3) is 3.36. The van der Waals surface area contributed by atoms with Crippen molar-refractivity contribution in [1.82, 2.24) is 9.37 Å². The molecule has 0 aliphatic rings. The summed E-state index contributed by atoms with van der Waals surface area (Å²) in [5.74, 6) is -0.406. The van der Waals surface area contributed by atoms with Crippen LogP contribution < -0.4 is 0 Å². The average molecular weight is 300 g/mol. The van der Waals surface area contributed by atoms with Crippen molar-refractivity contribution in [2.75, 3.05) is 21.2 Å². The van der Waals surface area contributed by atoms with Gasteiger partial charge < -0.3 is 0 Å². The molecule has 0 aliphatic carbocycles. The Morgan fingerprint density at radius 2 is 1.85 bits per heavy atom. The molecule has 0 heterocycles. The Kier molecular flexibility index (Phi) is 5.27. The van der Waals surface area contributed by atoms with E-state index in [0.29, 0.717) is 0 Å². The quantitative estimate of drug-likeness (QED) is 0.770. The topological polar surface area (TPSA) is 66.9 Å². The zero-order valence-corrected chi connectivity index (χ0v) is 13.1. The summed E-state index contributed by atoms with van der Waals surface area (Å²) in [7, 11) is 0.733. The molecule has 20 heavy (non-hydrogen) atoms. The largest absolute Gasteiger partial charge is 0.277 e. The Balaban J connectivity index is 3.20.